The Bertz CT molecular complexity index is 3230. The first-order valence-electron chi connectivity index (χ1n) is 19.7. The van der Waals surface area contributed by atoms with Crippen LogP contribution in [0.1, 0.15) is 6.85 Å². The summed E-state index contributed by atoms with van der Waals surface area (Å²) in [4.78, 5) is 0. The van der Waals surface area contributed by atoms with E-state index in [1.54, 1.807) is 6.07 Å². The quantitative estimate of drug-likeness (QED) is 0.172. The summed E-state index contributed by atoms with van der Waals surface area (Å²) in [6.45, 7) is 0. The number of rotatable bonds is 4. The van der Waals surface area contributed by atoms with Gasteiger partial charge in [-0.25, -0.2) is 0 Å². The molecule has 0 radical (unpaired) electrons. The van der Waals surface area contributed by atoms with E-state index in [-0.39, 0.29) is 29.7 Å². The highest BCUT2D eigenvalue weighted by Gasteiger charge is 2.22. The Balaban J connectivity index is 1.15. The molecular weight excluding hydrogens is 617 g/mol. The van der Waals surface area contributed by atoms with Crippen LogP contribution in [0, 0.1) is 0 Å². The van der Waals surface area contributed by atoms with Crippen LogP contribution in [0.25, 0.3) is 98.7 Å². The lowest BCUT2D eigenvalue weighted by atomic mass is 9.86. The third-order valence-electron chi connectivity index (χ3n) is 10.4. The highest BCUT2D eigenvalue weighted by atomic mass is 16.5. The molecule has 1 aliphatic heterocycles. The molecule has 0 amide bonds. The summed E-state index contributed by atoms with van der Waals surface area (Å²) in [7, 11) is 0. The fraction of sp³-hybridized carbons (Fsp3) is 0. The largest absolute Gasteiger partial charge is 0.456 e. The molecule has 51 heavy (non-hydrogen) atoms. The summed E-state index contributed by atoms with van der Waals surface area (Å²) in [5.41, 5.74) is 9.06. The third-order valence-corrected chi connectivity index (χ3v) is 10.4. The van der Waals surface area contributed by atoms with Gasteiger partial charge in [0.05, 0.1) is 6.85 Å². The maximum absolute atomic E-state index is 8.68. The molecule has 0 saturated heterocycles. The first-order valence-corrected chi connectivity index (χ1v) is 17.2. The van der Waals surface area contributed by atoms with E-state index >= 15 is 0 Å². The van der Waals surface area contributed by atoms with Gasteiger partial charge in [-0.05, 0) is 136 Å². The average molecular weight is 652 g/mol. The van der Waals surface area contributed by atoms with Crippen molar-refractivity contribution < 1.29 is 11.6 Å². The van der Waals surface area contributed by atoms with Gasteiger partial charge in [-0.1, -0.05) is 133 Å². The highest BCUT2D eigenvalue weighted by Crippen LogP contribution is 2.50. The molecule has 0 atom stereocenters. The second-order valence-electron chi connectivity index (χ2n) is 13.3. The van der Waals surface area contributed by atoms with E-state index in [1.807, 2.05) is 30.3 Å². The van der Waals surface area contributed by atoms with Gasteiger partial charge in [-0.15, -0.1) is 0 Å². The van der Waals surface area contributed by atoms with Gasteiger partial charge >= 0.3 is 0 Å². The summed E-state index contributed by atoms with van der Waals surface area (Å²) >= 11 is 0. The second kappa shape index (κ2) is 10.9. The Morgan fingerprint density at radius 2 is 1.00 bits per heavy atom. The van der Waals surface area contributed by atoms with Crippen molar-refractivity contribution in [2.45, 2.75) is 0 Å². The zero-order valence-corrected chi connectivity index (χ0v) is 27.3. The Labute approximate surface area is 303 Å². The predicted molar refractivity (Wildman–Crippen MR) is 215 cm³/mol. The molecule has 0 saturated carbocycles. The van der Waals surface area contributed by atoms with Gasteiger partial charge in [0.1, 0.15) is 11.5 Å². The third kappa shape index (κ3) is 4.42. The van der Waals surface area contributed by atoms with Crippen molar-refractivity contribution in [1.29, 1.82) is 0 Å². The maximum Gasteiger partial charge on any atom is 0.135 e. The fourth-order valence-corrected chi connectivity index (χ4v) is 8.09. The topological polar surface area (TPSA) is 9.23 Å². The fourth-order valence-electron chi connectivity index (χ4n) is 8.09. The van der Waals surface area contributed by atoms with Crippen molar-refractivity contribution >= 4 is 43.1 Å². The molecule has 0 spiro atoms. The lowest BCUT2D eigenvalue weighted by Crippen LogP contribution is -1.98. The van der Waals surface area contributed by atoms with Crippen LogP contribution < -0.4 is 4.74 Å². The molecule has 10 aromatic rings. The van der Waals surface area contributed by atoms with Crippen LogP contribution in [0.4, 0.5) is 0 Å². The Morgan fingerprint density at radius 1 is 0.333 bits per heavy atom. The van der Waals surface area contributed by atoms with Crippen molar-refractivity contribution in [2.75, 3.05) is 0 Å². The Kier molecular flexibility index (Phi) is 5.05. The normalized spacial score (nSPS) is 13.5. The predicted octanol–water partition coefficient (Wildman–Crippen LogP) is 14.2. The van der Waals surface area contributed by atoms with Gasteiger partial charge in [0.15, 0.2) is 0 Å². The first-order chi connectivity index (χ1) is 27.3. The number of benzene rings is 10. The average Bonchev–Trinajstić information content (AvgIpc) is 3.24. The van der Waals surface area contributed by atoms with E-state index in [2.05, 4.69) is 115 Å². The molecule has 10 aromatic carbocycles. The molecule has 1 heterocycles. The van der Waals surface area contributed by atoms with E-state index in [4.69, 9.17) is 11.6 Å². The second-order valence-corrected chi connectivity index (χ2v) is 13.3. The van der Waals surface area contributed by atoms with Crippen molar-refractivity contribution in [3.63, 3.8) is 0 Å². The lowest BCUT2D eigenvalue weighted by Gasteiger charge is -2.23. The number of hydrogen-bond acceptors (Lipinski definition) is 1. The van der Waals surface area contributed by atoms with E-state index in [1.165, 1.54) is 37.9 Å². The molecule has 0 fully saturated rings. The van der Waals surface area contributed by atoms with Crippen LogP contribution in [0.5, 0.6) is 11.5 Å². The molecule has 0 N–H and O–H groups in total. The Morgan fingerprint density at radius 3 is 1.84 bits per heavy atom. The number of hydrogen-bond donors (Lipinski definition) is 0. The smallest absolute Gasteiger partial charge is 0.135 e. The minimum absolute atomic E-state index is 0.165. The monoisotopic (exact) mass is 651 g/mol. The maximum atomic E-state index is 8.68. The van der Waals surface area contributed by atoms with Gasteiger partial charge in [0.2, 0.25) is 0 Å². The van der Waals surface area contributed by atoms with Gasteiger partial charge in [-0.3, -0.25) is 0 Å². The van der Waals surface area contributed by atoms with Crippen molar-refractivity contribution in [3.8, 4) is 67.1 Å². The first kappa shape index (κ1) is 23.6. The van der Waals surface area contributed by atoms with Gasteiger partial charge < -0.3 is 4.74 Å². The Hall–Kier alpha value is -6.70. The molecular formula is C50H30O. The van der Waals surface area contributed by atoms with Crippen LogP contribution >= 0.6 is 0 Å². The van der Waals surface area contributed by atoms with Crippen LogP contribution in [-0.4, -0.2) is 0 Å². The van der Waals surface area contributed by atoms with E-state index in [0.717, 1.165) is 55.5 Å². The van der Waals surface area contributed by atoms with Crippen molar-refractivity contribution in [1.82, 2.24) is 0 Å². The minimum Gasteiger partial charge on any atom is -0.456 e. The number of fused-ring (bicyclic) bond motifs is 2. The van der Waals surface area contributed by atoms with E-state index < -0.39 is 6.04 Å². The molecule has 0 aromatic heterocycles. The zero-order valence-electron chi connectivity index (χ0n) is 32.3. The molecule has 1 heteroatoms. The molecule has 0 unspecified atom stereocenters. The lowest BCUT2D eigenvalue weighted by molar-refractivity contribution is 0.487. The molecule has 0 bridgehead atoms. The van der Waals surface area contributed by atoms with Crippen molar-refractivity contribution in [2.24, 2.45) is 0 Å². The highest BCUT2D eigenvalue weighted by molar-refractivity contribution is 6.25. The van der Waals surface area contributed by atoms with E-state index in [0.29, 0.717) is 11.3 Å². The molecule has 11 rings (SSSR count). The zero-order chi connectivity index (χ0) is 37.8. The van der Waals surface area contributed by atoms with Crippen LogP contribution in [0.2, 0.25) is 0 Å². The summed E-state index contributed by atoms with van der Waals surface area (Å²) in [6.07, 6.45) is 0. The summed E-state index contributed by atoms with van der Waals surface area (Å²) < 4.78 is 48.6. The molecule has 1 aliphatic rings. The molecule has 0 aliphatic carbocycles. The molecule has 236 valence electrons. The van der Waals surface area contributed by atoms with Gasteiger partial charge in [0, 0.05) is 10.9 Å². The minimum atomic E-state index is -0.410. The summed E-state index contributed by atoms with van der Waals surface area (Å²) in [5.74, 6) is 1.39. The van der Waals surface area contributed by atoms with Crippen LogP contribution in [0.15, 0.2) is 182 Å². The standard InChI is InChI=1S/C50H30O/c1-3-9-31(10-4-1)36-21-24-46-44(29-36)45-30-40(25-37-15-8-16-47(51-46)49(37)45)39-26-38(32-11-5-2-6-12-32)27-41(28-39)42-22-19-35-18-17-33-13-7-14-34-20-23-43(42)50(35)48(33)34/h1-30H/i1D,3D,4D,9D,10D. The van der Waals surface area contributed by atoms with Crippen molar-refractivity contribution in [3.05, 3.63) is 182 Å². The van der Waals surface area contributed by atoms with Crippen LogP contribution in [0.3, 0.4) is 0 Å². The molecule has 1 nitrogen and oxygen atoms in total. The summed E-state index contributed by atoms with van der Waals surface area (Å²) in [5, 5.41) is 9.46. The van der Waals surface area contributed by atoms with Gasteiger partial charge in [0.25, 0.3) is 0 Å². The van der Waals surface area contributed by atoms with E-state index in [9.17, 15) is 0 Å². The SMILES string of the molecule is [2H]c1c([2H])c([2H])c(-c2ccc3c(c2)-c2cc(-c4cc(-c5ccccc5)cc(-c5ccc6ccc7cccc8ccc5c6c78)c4)cc4cccc(c24)O3)c([2H])c1[2H]. The van der Waals surface area contributed by atoms with Gasteiger partial charge in [-0.2, -0.15) is 0 Å². The number of ether oxygens (including phenoxy) is 1. The van der Waals surface area contributed by atoms with Crippen LogP contribution in [-0.2, 0) is 0 Å². The summed E-state index contributed by atoms with van der Waals surface area (Å²) in [6, 6.07) is 51.7.